The summed E-state index contributed by atoms with van der Waals surface area (Å²) in [5.41, 5.74) is 1.53. The molecule has 2 aromatic carbocycles. The van der Waals surface area contributed by atoms with Crippen LogP contribution in [0.2, 0.25) is 0 Å². The highest BCUT2D eigenvalue weighted by atomic mass is 32.2. The molecule has 0 aromatic heterocycles. The molecule has 0 atom stereocenters. The standard InChI is InChI=1S/C21H23NO7S/c1-16-10-12-18(13-11-16)30(25,26)29-14-6-9-19(20(23)27-2)22-21(24)28-15-17-7-4-3-5-8-17/h3-5,7-13H,6,14-15H2,1-2H3,(H,22,24)/b19-9-. The Labute approximate surface area is 175 Å². The molecule has 0 bridgehead atoms. The van der Waals surface area contributed by atoms with Crippen LogP contribution in [0.5, 0.6) is 0 Å². The lowest BCUT2D eigenvalue weighted by molar-refractivity contribution is -0.136. The molecule has 2 aromatic rings. The summed E-state index contributed by atoms with van der Waals surface area (Å²) in [6, 6.07) is 15.2. The van der Waals surface area contributed by atoms with Crippen LogP contribution < -0.4 is 5.32 Å². The predicted octanol–water partition coefficient (Wildman–Crippen LogP) is 3.07. The zero-order chi connectivity index (χ0) is 22.0. The van der Waals surface area contributed by atoms with Gasteiger partial charge in [-0.25, -0.2) is 9.59 Å². The van der Waals surface area contributed by atoms with Crippen LogP contribution in [0.3, 0.4) is 0 Å². The number of benzene rings is 2. The number of esters is 1. The summed E-state index contributed by atoms with van der Waals surface area (Å²) in [5.74, 6) is -0.798. The van der Waals surface area contributed by atoms with E-state index in [9.17, 15) is 18.0 Å². The van der Waals surface area contributed by atoms with Gasteiger partial charge in [-0.05, 0) is 31.0 Å². The minimum atomic E-state index is -3.92. The quantitative estimate of drug-likeness (QED) is 0.280. The molecule has 30 heavy (non-hydrogen) atoms. The van der Waals surface area contributed by atoms with E-state index in [0.29, 0.717) is 0 Å². The Bertz CT molecular complexity index is 984. The Hall–Kier alpha value is -3.17. The van der Waals surface area contributed by atoms with E-state index in [4.69, 9.17) is 8.92 Å². The van der Waals surface area contributed by atoms with E-state index in [1.807, 2.05) is 13.0 Å². The van der Waals surface area contributed by atoms with E-state index in [0.717, 1.165) is 18.2 Å². The van der Waals surface area contributed by atoms with Crippen LogP contribution in [-0.2, 0) is 35.2 Å². The molecule has 0 aliphatic carbocycles. The highest BCUT2D eigenvalue weighted by molar-refractivity contribution is 7.86. The van der Waals surface area contributed by atoms with Gasteiger partial charge in [-0.15, -0.1) is 0 Å². The van der Waals surface area contributed by atoms with Crippen LogP contribution in [0, 0.1) is 6.92 Å². The molecule has 0 aliphatic rings. The minimum absolute atomic E-state index is 0.0268. The normalized spacial score (nSPS) is 11.6. The Kier molecular flexibility index (Phi) is 8.57. The number of hydrogen-bond acceptors (Lipinski definition) is 7. The average molecular weight is 433 g/mol. The fraction of sp³-hybridized carbons (Fsp3) is 0.238. The van der Waals surface area contributed by atoms with Gasteiger partial charge in [0.05, 0.1) is 18.6 Å². The Morgan fingerprint density at radius 3 is 2.33 bits per heavy atom. The summed E-state index contributed by atoms with van der Waals surface area (Å²) in [5, 5.41) is 2.29. The number of carbonyl (C=O) groups is 2. The van der Waals surface area contributed by atoms with E-state index in [-0.39, 0.29) is 30.2 Å². The van der Waals surface area contributed by atoms with Gasteiger partial charge in [0.1, 0.15) is 12.3 Å². The molecule has 2 rings (SSSR count). The first-order valence-corrected chi connectivity index (χ1v) is 10.4. The van der Waals surface area contributed by atoms with Gasteiger partial charge in [-0.1, -0.05) is 54.1 Å². The van der Waals surface area contributed by atoms with Crippen molar-refractivity contribution in [2.75, 3.05) is 13.7 Å². The highest BCUT2D eigenvalue weighted by Gasteiger charge is 2.16. The van der Waals surface area contributed by atoms with Crippen molar-refractivity contribution in [1.29, 1.82) is 0 Å². The molecule has 1 N–H and O–H groups in total. The first-order chi connectivity index (χ1) is 14.3. The molecule has 8 nitrogen and oxygen atoms in total. The van der Waals surface area contributed by atoms with Gasteiger partial charge in [-0.3, -0.25) is 9.50 Å². The molecule has 1 amide bonds. The molecular weight excluding hydrogens is 410 g/mol. The van der Waals surface area contributed by atoms with Crippen LogP contribution in [0.1, 0.15) is 17.5 Å². The first kappa shape index (κ1) is 23.1. The SMILES string of the molecule is COC(=O)/C(=C/CCOS(=O)(=O)c1ccc(C)cc1)NC(=O)OCc1ccccc1. The van der Waals surface area contributed by atoms with E-state index in [2.05, 4.69) is 10.1 Å². The monoisotopic (exact) mass is 433 g/mol. The maximum absolute atomic E-state index is 12.2. The Morgan fingerprint density at radius 1 is 1.03 bits per heavy atom. The molecular formula is C21H23NO7S. The van der Waals surface area contributed by atoms with Gasteiger partial charge < -0.3 is 9.47 Å². The number of aryl methyl sites for hydroxylation is 1. The molecule has 0 fully saturated rings. The molecule has 0 aliphatic heterocycles. The lowest BCUT2D eigenvalue weighted by atomic mass is 10.2. The third kappa shape index (κ3) is 7.34. The molecule has 0 radical (unpaired) electrons. The van der Waals surface area contributed by atoms with Crippen molar-refractivity contribution in [3.8, 4) is 0 Å². The van der Waals surface area contributed by atoms with Crippen LogP contribution in [-0.4, -0.2) is 34.2 Å². The van der Waals surface area contributed by atoms with Crippen molar-refractivity contribution >= 4 is 22.2 Å². The summed E-state index contributed by atoms with van der Waals surface area (Å²) < 4.78 is 38.9. The van der Waals surface area contributed by atoms with Gasteiger partial charge in [-0.2, -0.15) is 8.42 Å². The smallest absolute Gasteiger partial charge is 0.412 e. The number of carbonyl (C=O) groups excluding carboxylic acids is 2. The first-order valence-electron chi connectivity index (χ1n) is 9.04. The third-order valence-corrected chi connectivity index (χ3v) is 5.20. The van der Waals surface area contributed by atoms with E-state index >= 15 is 0 Å². The van der Waals surface area contributed by atoms with Crippen molar-refractivity contribution in [1.82, 2.24) is 5.32 Å². The van der Waals surface area contributed by atoms with Crippen molar-refractivity contribution in [3.05, 3.63) is 77.5 Å². The van der Waals surface area contributed by atoms with Crippen LogP contribution in [0.15, 0.2) is 71.3 Å². The lowest BCUT2D eigenvalue weighted by Crippen LogP contribution is -2.28. The summed E-state index contributed by atoms with van der Waals surface area (Å²) >= 11 is 0. The number of hydrogen-bond donors (Lipinski definition) is 1. The maximum Gasteiger partial charge on any atom is 0.412 e. The second-order valence-electron chi connectivity index (χ2n) is 6.17. The molecule has 0 unspecified atom stereocenters. The maximum atomic E-state index is 12.2. The topological polar surface area (TPSA) is 108 Å². The van der Waals surface area contributed by atoms with Crippen molar-refractivity contribution < 1.29 is 31.7 Å². The van der Waals surface area contributed by atoms with Crippen molar-refractivity contribution in [2.24, 2.45) is 0 Å². The van der Waals surface area contributed by atoms with Gasteiger partial charge >= 0.3 is 12.1 Å². The average Bonchev–Trinajstić information content (AvgIpc) is 2.75. The minimum Gasteiger partial charge on any atom is -0.464 e. The second kappa shape index (κ2) is 11.1. The van der Waals surface area contributed by atoms with E-state index in [1.54, 1.807) is 36.4 Å². The van der Waals surface area contributed by atoms with Crippen LogP contribution in [0.4, 0.5) is 4.79 Å². The number of alkyl carbamates (subject to hydrolysis) is 1. The molecule has 0 saturated heterocycles. The number of nitrogens with one attached hydrogen (secondary N) is 1. The molecule has 9 heteroatoms. The summed E-state index contributed by atoms with van der Waals surface area (Å²) in [7, 11) is -2.76. The summed E-state index contributed by atoms with van der Waals surface area (Å²) in [6.07, 6.45) is 0.498. The van der Waals surface area contributed by atoms with Gasteiger partial charge in [0, 0.05) is 0 Å². The largest absolute Gasteiger partial charge is 0.464 e. The highest BCUT2D eigenvalue weighted by Crippen LogP contribution is 2.13. The van der Waals surface area contributed by atoms with Crippen molar-refractivity contribution in [2.45, 2.75) is 24.8 Å². The fourth-order valence-electron chi connectivity index (χ4n) is 2.30. The van der Waals surface area contributed by atoms with E-state index in [1.165, 1.54) is 18.2 Å². The summed E-state index contributed by atoms with van der Waals surface area (Å²) in [4.78, 5) is 23.8. The molecule has 160 valence electrons. The molecule has 0 spiro atoms. The van der Waals surface area contributed by atoms with Gasteiger partial charge in [0.15, 0.2) is 0 Å². The lowest BCUT2D eigenvalue weighted by Gasteiger charge is -2.09. The Morgan fingerprint density at radius 2 is 1.70 bits per heavy atom. The number of amides is 1. The number of rotatable bonds is 9. The van der Waals surface area contributed by atoms with Crippen molar-refractivity contribution in [3.63, 3.8) is 0 Å². The summed E-state index contributed by atoms with van der Waals surface area (Å²) in [6.45, 7) is 1.64. The zero-order valence-corrected chi connectivity index (χ0v) is 17.5. The van der Waals surface area contributed by atoms with Crippen LogP contribution in [0.25, 0.3) is 0 Å². The zero-order valence-electron chi connectivity index (χ0n) is 16.7. The van der Waals surface area contributed by atoms with Crippen LogP contribution >= 0.6 is 0 Å². The van der Waals surface area contributed by atoms with Gasteiger partial charge in [0.2, 0.25) is 0 Å². The van der Waals surface area contributed by atoms with Gasteiger partial charge in [0.25, 0.3) is 10.1 Å². The second-order valence-corrected chi connectivity index (χ2v) is 7.79. The number of methoxy groups -OCH3 is 1. The number of ether oxygens (including phenoxy) is 2. The molecule has 0 saturated carbocycles. The predicted molar refractivity (Wildman–Crippen MR) is 109 cm³/mol. The van der Waals surface area contributed by atoms with E-state index < -0.39 is 22.2 Å². The third-order valence-electron chi connectivity index (χ3n) is 3.87. The fourth-order valence-corrected chi connectivity index (χ4v) is 3.22. The Balaban J connectivity index is 1.90. The molecule has 0 heterocycles.